The van der Waals surface area contributed by atoms with Crippen molar-refractivity contribution in [3.8, 4) is 0 Å². The smallest absolute Gasteiger partial charge is 0.191 e. The van der Waals surface area contributed by atoms with Gasteiger partial charge in [-0.05, 0) is 31.0 Å². The van der Waals surface area contributed by atoms with Gasteiger partial charge in [0.15, 0.2) is 5.96 Å². The van der Waals surface area contributed by atoms with E-state index in [-0.39, 0.29) is 0 Å². The highest BCUT2D eigenvalue weighted by Crippen LogP contribution is 2.23. The first-order valence-electron chi connectivity index (χ1n) is 9.31. The minimum atomic E-state index is 0.664. The molecule has 0 aromatic heterocycles. The first kappa shape index (κ1) is 18.0. The van der Waals surface area contributed by atoms with E-state index in [9.17, 15) is 0 Å². The van der Waals surface area contributed by atoms with Crippen LogP contribution in [0.1, 0.15) is 11.1 Å². The molecule has 6 heteroatoms. The van der Waals surface area contributed by atoms with Crippen molar-refractivity contribution in [2.45, 2.75) is 13.8 Å². The van der Waals surface area contributed by atoms with E-state index < -0.39 is 0 Å². The van der Waals surface area contributed by atoms with E-state index in [1.807, 2.05) is 0 Å². The van der Waals surface area contributed by atoms with Gasteiger partial charge in [-0.25, -0.2) is 0 Å². The summed E-state index contributed by atoms with van der Waals surface area (Å²) >= 11 is 0. The molecule has 0 amide bonds. The highest BCUT2D eigenvalue weighted by Gasteiger charge is 2.18. The van der Waals surface area contributed by atoms with Crippen molar-refractivity contribution < 1.29 is 4.74 Å². The summed E-state index contributed by atoms with van der Waals surface area (Å²) in [6.07, 6.45) is 0. The zero-order valence-corrected chi connectivity index (χ0v) is 15.6. The molecule has 0 atom stereocenters. The Bertz CT molecular complexity index is 589. The second kappa shape index (κ2) is 8.54. The minimum Gasteiger partial charge on any atom is -0.378 e. The Kier molecular flexibility index (Phi) is 6.15. The van der Waals surface area contributed by atoms with Gasteiger partial charge in [-0.3, -0.25) is 9.89 Å². The van der Waals surface area contributed by atoms with Crippen molar-refractivity contribution in [2.24, 2.45) is 10.7 Å². The van der Waals surface area contributed by atoms with Crippen molar-refractivity contribution in [1.82, 2.24) is 9.80 Å². The van der Waals surface area contributed by atoms with Gasteiger partial charge in [0, 0.05) is 51.5 Å². The highest BCUT2D eigenvalue weighted by molar-refractivity contribution is 5.78. The molecule has 0 aliphatic carbocycles. The predicted molar refractivity (Wildman–Crippen MR) is 103 cm³/mol. The number of piperazine rings is 1. The predicted octanol–water partition coefficient (Wildman–Crippen LogP) is 1.07. The van der Waals surface area contributed by atoms with Gasteiger partial charge < -0.3 is 20.3 Å². The molecule has 3 rings (SSSR count). The van der Waals surface area contributed by atoms with E-state index >= 15 is 0 Å². The fourth-order valence-electron chi connectivity index (χ4n) is 3.49. The van der Waals surface area contributed by atoms with Crippen LogP contribution >= 0.6 is 0 Å². The Morgan fingerprint density at radius 3 is 2.52 bits per heavy atom. The third-order valence-electron chi connectivity index (χ3n) is 5.31. The third kappa shape index (κ3) is 4.64. The maximum absolute atomic E-state index is 6.09. The van der Waals surface area contributed by atoms with Crippen LogP contribution in [-0.4, -0.2) is 81.3 Å². The summed E-state index contributed by atoms with van der Waals surface area (Å²) < 4.78 is 5.35. The molecule has 138 valence electrons. The number of nitrogens with two attached hydrogens (primary N) is 1. The van der Waals surface area contributed by atoms with Crippen LogP contribution in [-0.2, 0) is 4.74 Å². The van der Waals surface area contributed by atoms with Gasteiger partial charge in [0.2, 0.25) is 0 Å². The van der Waals surface area contributed by atoms with Crippen molar-refractivity contribution in [3.63, 3.8) is 0 Å². The standard InChI is InChI=1S/C19H31N5O/c1-16-4-3-5-18(17(16)2)23-10-8-22(9-11-23)7-6-21-19(20)24-12-14-25-15-13-24/h3-5H,6-15H2,1-2H3,(H2,20,21). The fraction of sp³-hybridized carbons (Fsp3) is 0.632. The number of nitrogens with zero attached hydrogens (tertiary/aromatic N) is 4. The van der Waals surface area contributed by atoms with Crippen LogP contribution in [0.25, 0.3) is 0 Å². The Balaban J connectivity index is 1.44. The number of guanidine groups is 1. The number of anilines is 1. The second-order valence-corrected chi connectivity index (χ2v) is 6.89. The van der Waals surface area contributed by atoms with E-state index in [0.717, 1.165) is 65.6 Å². The van der Waals surface area contributed by atoms with Gasteiger partial charge >= 0.3 is 0 Å². The summed E-state index contributed by atoms with van der Waals surface area (Å²) in [7, 11) is 0. The maximum atomic E-state index is 6.09. The summed E-state index contributed by atoms with van der Waals surface area (Å²) in [5, 5.41) is 0. The first-order valence-corrected chi connectivity index (χ1v) is 9.31. The second-order valence-electron chi connectivity index (χ2n) is 6.89. The van der Waals surface area contributed by atoms with Gasteiger partial charge in [-0.2, -0.15) is 0 Å². The molecule has 0 unspecified atom stereocenters. The molecule has 2 aliphatic rings. The Morgan fingerprint density at radius 2 is 1.80 bits per heavy atom. The van der Waals surface area contributed by atoms with Crippen LogP contribution < -0.4 is 10.6 Å². The number of morpholine rings is 1. The quantitative estimate of drug-likeness (QED) is 0.653. The Labute approximate surface area is 151 Å². The molecule has 1 aromatic rings. The lowest BCUT2D eigenvalue weighted by Crippen LogP contribution is -2.48. The molecule has 1 aromatic carbocycles. The summed E-state index contributed by atoms with van der Waals surface area (Å²) in [6.45, 7) is 13.7. The molecule has 2 aliphatic heterocycles. The highest BCUT2D eigenvalue weighted by atomic mass is 16.5. The zero-order chi connectivity index (χ0) is 17.6. The monoisotopic (exact) mass is 345 g/mol. The number of aliphatic imine (C=N–C) groups is 1. The Morgan fingerprint density at radius 1 is 1.08 bits per heavy atom. The van der Waals surface area contributed by atoms with Gasteiger partial charge in [0.25, 0.3) is 0 Å². The van der Waals surface area contributed by atoms with Crippen LogP contribution in [0.4, 0.5) is 5.69 Å². The van der Waals surface area contributed by atoms with E-state index in [1.54, 1.807) is 0 Å². The molecule has 2 saturated heterocycles. The molecule has 2 heterocycles. The first-order chi connectivity index (χ1) is 12.1. The van der Waals surface area contributed by atoms with Gasteiger partial charge in [0.05, 0.1) is 19.8 Å². The molecule has 2 fully saturated rings. The molecule has 0 bridgehead atoms. The van der Waals surface area contributed by atoms with E-state index in [2.05, 4.69) is 51.7 Å². The molecular formula is C19H31N5O. The van der Waals surface area contributed by atoms with Crippen molar-refractivity contribution in [1.29, 1.82) is 0 Å². The lowest BCUT2D eigenvalue weighted by atomic mass is 10.1. The van der Waals surface area contributed by atoms with E-state index in [1.165, 1.54) is 16.8 Å². The molecule has 0 spiro atoms. The summed E-state index contributed by atoms with van der Waals surface area (Å²) in [5.74, 6) is 0.664. The van der Waals surface area contributed by atoms with E-state index in [4.69, 9.17) is 10.5 Å². The normalized spacial score (nSPS) is 20.2. The van der Waals surface area contributed by atoms with Crippen LogP contribution in [0.2, 0.25) is 0 Å². The van der Waals surface area contributed by atoms with E-state index in [0.29, 0.717) is 5.96 Å². The van der Waals surface area contributed by atoms with Gasteiger partial charge in [0.1, 0.15) is 0 Å². The maximum Gasteiger partial charge on any atom is 0.191 e. The zero-order valence-electron chi connectivity index (χ0n) is 15.6. The lowest BCUT2D eigenvalue weighted by Gasteiger charge is -2.37. The van der Waals surface area contributed by atoms with Crippen LogP contribution in [0.15, 0.2) is 23.2 Å². The van der Waals surface area contributed by atoms with Crippen molar-refractivity contribution in [2.75, 3.05) is 70.5 Å². The van der Waals surface area contributed by atoms with Crippen molar-refractivity contribution in [3.05, 3.63) is 29.3 Å². The molecular weight excluding hydrogens is 314 g/mol. The topological polar surface area (TPSA) is 57.3 Å². The third-order valence-corrected chi connectivity index (χ3v) is 5.31. The molecule has 6 nitrogen and oxygen atoms in total. The number of ether oxygens (including phenoxy) is 1. The Hall–Kier alpha value is -1.79. The number of benzene rings is 1. The largest absolute Gasteiger partial charge is 0.378 e. The van der Waals surface area contributed by atoms with Crippen LogP contribution in [0.5, 0.6) is 0 Å². The fourth-order valence-corrected chi connectivity index (χ4v) is 3.49. The average molecular weight is 345 g/mol. The van der Waals surface area contributed by atoms with Gasteiger partial charge in [-0.1, -0.05) is 12.1 Å². The summed E-state index contributed by atoms with van der Waals surface area (Å²) in [6, 6.07) is 6.59. The SMILES string of the molecule is Cc1cccc(N2CCN(CCN=C(N)N3CCOCC3)CC2)c1C. The average Bonchev–Trinajstić information content (AvgIpc) is 2.65. The van der Waals surface area contributed by atoms with Crippen molar-refractivity contribution >= 4 is 11.6 Å². The number of aryl methyl sites for hydroxylation is 1. The number of rotatable bonds is 4. The molecule has 2 N–H and O–H groups in total. The van der Waals surface area contributed by atoms with Gasteiger partial charge in [-0.15, -0.1) is 0 Å². The van der Waals surface area contributed by atoms with Crippen LogP contribution in [0.3, 0.4) is 0 Å². The lowest BCUT2D eigenvalue weighted by molar-refractivity contribution is 0.0674. The number of hydrogen-bond acceptors (Lipinski definition) is 4. The summed E-state index contributed by atoms with van der Waals surface area (Å²) in [5.41, 5.74) is 10.2. The van der Waals surface area contributed by atoms with Crippen LogP contribution in [0, 0.1) is 13.8 Å². The minimum absolute atomic E-state index is 0.664. The number of hydrogen-bond donors (Lipinski definition) is 1. The molecule has 0 saturated carbocycles. The molecule has 25 heavy (non-hydrogen) atoms. The molecule has 0 radical (unpaired) electrons. The summed E-state index contributed by atoms with van der Waals surface area (Å²) in [4.78, 5) is 11.7.